The third-order valence-electron chi connectivity index (χ3n) is 3.65. The van der Waals surface area contributed by atoms with E-state index in [9.17, 15) is 0 Å². The van der Waals surface area contributed by atoms with E-state index >= 15 is 0 Å². The second-order valence-corrected chi connectivity index (χ2v) is 39.1. The number of hydrazine groups is 1. The van der Waals surface area contributed by atoms with Crippen molar-refractivity contribution in [3.05, 3.63) is 0 Å². The molecule has 0 aliphatic carbocycles. The van der Waals surface area contributed by atoms with Crippen molar-refractivity contribution in [2.24, 2.45) is 4.88 Å². The monoisotopic (exact) mass is 487 g/mol. The van der Waals surface area contributed by atoms with Gasteiger partial charge in [0.25, 0.3) is 7.58 Å². The van der Waals surface area contributed by atoms with Crippen molar-refractivity contribution >= 4 is 60.0 Å². The van der Waals surface area contributed by atoms with Crippen LogP contribution in [0.2, 0.25) is 98.2 Å². The van der Waals surface area contributed by atoms with Gasteiger partial charge in [-0.05, 0) is 55.4 Å². The van der Waals surface area contributed by atoms with Crippen molar-refractivity contribution in [1.82, 2.24) is 8.79 Å². The van der Waals surface area contributed by atoms with Gasteiger partial charge in [-0.1, -0.05) is 58.9 Å². The lowest BCUT2D eigenvalue weighted by atomic mass is 11.8. The second-order valence-electron chi connectivity index (χ2n) is 12.1. The molecule has 0 heterocycles. The fourth-order valence-corrected chi connectivity index (χ4v) is 35.4. The summed E-state index contributed by atoms with van der Waals surface area (Å²) in [7, 11) is -9.03. The number of halogens is 1. The Kier molecular flexibility index (Phi) is 9.03. The smallest absolute Gasteiger partial charge is 0.284 e. The normalized spacial score (nSPS) is 16.2. The van der Waals surface area contributed by atoms with Crippen LogP contribution in [0.15, 0.2) is 4.88 Å². The molecule has 0 rings (SSSR count). The molecule has 0 saturated carbocycles. The largest absolute Gasteiger partial charge is 0.352 e. The first kappa shape index (κ1) is 27.3. The Bertz CT molecular complexity index is 483. The molecule has 0 bridgehead atoms. The van der Waals surface area contributed by atoms with E-state index in [1.807, 2.05) is 0 Å². The summed E-state index contributed by atoms with van der Waals surface area (Å²) in [5.41, 5.74) is 0. The average Bonchev–Trinajstić information content (AvgIpc) is 2.24. The molecule has 26 heavy (non-hydrogen) atoms. The molecule has 0 aromatic rings. The predicted octanol–water partition coefficient (Wildman–Crippen LogP) is 7.61. The van der Waals surface area contributed by atoms with Crippen molar-refractivity contribution in [3.8, 4) is 0 Å². The van der Waals surface area contributed by atoms with Crippen molar-refractivity contribution < 1.29 is 4.03 Å². The van der Waals surface area contributed by atoms with Crippen LogP contribution < -0.4 is 0 Å². The third kappa shape index (κ3) is 7.98. The Hall–Kier alpha value is 1.32. The first-order valence-corrected chi connectivity index (χ1v) is 29.0. The predicted molar refractivity (Wildman–Crippen MR) is 136 cm³/mol. The van der Waals surface area contributed by atoms with E-state index in [0.29, 0.717) is 0 Å². The zero-order valence-corrected chi connectivity index (χ0v) is 26.8. The number of hydrogen-bond donors (Lipinski definition) is 0. The van der Waals surface area contributed by atoms with E-state index < -0.39 is 48.8 Å². The van der Waals surface area contributed by atoms with Gasteiger partial charge < -0.3 is 0 Å². The van der Waals surface area contributed by atoms with Crippen LogP contribution in [0.1, 0.15) is 0 Å². The van der Waals surface area contributed by atoms with Gasteiger partial charge in [-0.25, -0.2) is 4.44 Å². The second kappa shape index (κ2) is 8.59. The van der Waals surface area contributed by atoms with E-state index in [2.05, 4.69) is 111 Å². The highest BCUT2D eigenvalue weighted by Crippen LogP contribution is 2.54. The zero-order chi connectivity index (χ0) is 21.5. The Morgan fingerprint density at radius 2 is 0.923 bits per heavy atom. The first-order valence-electron chi connectivity index (χ1n) is 9.59. The van der Waals surface area contributed by atoms with Gasteiger partial charge in [-0.3, -0.25) is 8.37 Å². The standard InChI is InChI=1S/C15H45ClN4PSi5/c1-22(2,3)18(23(4,5)6)17-21(16)19(24(7,8)9)20(25(10,11)12)26(13,14)15/h1-15H3/q+1. The molecule has 0 aromatic carbocycles. The summed E-state index contributed by atoms with van der Waals surface area (Å²) < 4.78 is 7.88. The lowest BCUT2D eigenvalue weighted by molar-refractivity contribution is -0.325. The fraction of sp³-hybridized carbons (Fsp3) is 1.00. The Morgan fingerprint density at radius 1 is 0.615 bits per heavy atom. The maximum absolute atomic E-state index is 7.21. The topological polar surface area (TPSA) is 21.9 Å². The molecule has 0 fully saturated rings. The van der Waals surface area contributed by atoms with Gasteiger partial charge in [0.05, 0.1) is 0 Å². The molecule has 0 amide bonds. The van der Waals surface area contributed by atoms with Crippen LogP contribution in [0.5, 0.6) is 0 Å². The number of hydrogen-bond acceptors (Lipinski definition) is 3. The molecule has 0 spiro atoms. The summed E-state index contributed by atoms with van der Waals surface area (Å²) in [6.07, 6.45) is 0. The molecule has 1 atom stereocenters. The molecule has 0 radical (unpaired) electrons. The van der Waals surface area contributed by atoms with E-state index in [1.165, 1.54) is 0 Å². The first-order chi connectivity index (χ1) is 11.0. The molecule has 0 saturated heterocycles. The van der Waals surface area contributed by atoms with Crippen LogP contribution in [0.4, 0.5) is 0 Å². The SMILES string of the molecule is C[Si](C)(C)N(N([Si](C)(C)C)[Si](C)(C)C)P(Cl)N=[N+]([Si](C)(C)C)[Si](C)(C)C. The molecule has 0 aromatic heterocycles. The lowest BCUT2D eigenvalue weighted by Crippen LogP contribution is -2.69. The third-order valence-corrected chi connectivity index (χ3v) is 24.1. The summed E-state index contributed by atoms with van der Waals surface area (Å²) in [4.78, 5) is 5.28. The summed E-state index contributed by atoms with van der Waals surface area (Å²) in [5.74, 6) is 0. The zero-order valence-electron chi connectivity index (χ0n) is 20.1. The van der Waals surface area contributed by atoms with Crippen molar-refractivity contribution in [1.29, 1.82) is 0 Å². The molecule has 156 valence electrons. The summed E-state index contributed by atoms with van der Waals surface area (Å²) in [6, 6.07) is 0. The minimum atomic E-state index is -1.68. The van der Waals surface area contributed by atoms with Gasteiger partial charge in [0.1, 0.15) is 24.7 Å². The van der Waals surface area contributed by atoms with Gasteiger partial charge >= 0.3 is 16.5 Å². The van der Waals surface area contributed by atoms with Crippen LogP contribution in [-0.2, 0) is 0 Å². The molecule has 0 aliphatic heterocycles. The maximum Gasteiger partial charge on any atom is 0.352 e. The van der Waals surface area contributed by atoms with Crippen LogP contribution in [-0.4, -0.2) is 54.0 Å². The summed E-state index contributed by atoms with van der Waals surface area (Å²) >= 11 is 7.21. The van der Waals surface area contributed by atoms with Crippen molar-refractivity contribution in [3.63, 3.8) is 0 Å². The van der Waals surface area contributed by atoms with Crippen molar-refractivity contribution in [2.45, 2.75) is 98.2 Å². The van der Waals surface area contributed by atoms with E-state index in [-0.39, 0.29) is 0 Å². The van der Waals surface area contributed by atoms with Crippen LogP contribution in [0.3, 0.4) is 0 Å². The van der Waals surface area contributed by atoms with E-state index in [1.54, 1.807) is 0 Å². The highest BCUT2D eigenvalue weighted by Gasteiger charge is 2.49. The number of nitrogens with zero attached hydrogens (tertiary/aromatic N) is 4. The highest BCUT2D eigenvalue weighted by atomic mass is 35.7. The minimum absolute atomic E-state index is 1.08. The Morgan fingerprint density at radius 3 is 1.12 bits per heavy atom. The Balaban J connectivity index is 6.48. The maximum atomic E-state index is 7.21. The quantitative estimate of drug-likeness (QED) is 0.152. The molecular formula is C15H45ClN4PSi5+. The number of rotatable bonds is 8. The average molecular weight is 488 g/mol. The van der Waals surface area contributed by atoms with E-state index in [4.69, 9.17) is 16.1 Å². The van der Waals surface area contributed by atoms with Gasteiger partial charge in [0.15, 0.2) is 0 Å². The lowest BCUT2D eigenvalue weighted by Gasteiger charge is -2.54. The van der Waals surface area contributed by atoms with Crippen LogP contribution in [0, 0.1) is 0 Å². The van der Waals surface area contributed by atoms with Gasteiger partial charge in [0.2, 0.25) is 0 Å². The molecule has 11 heteroatoms. The summed E-state index contributed by atoms with van der Waals surface area (Å²) in [5, 5.41) is 0. The highest BCUT2D eigenvalue weighted by molar-refractivity contribution is 7.82. The van der Waals surface area contributed by atoms with Gasteiger partial charge in [-0.15, -0.1) is 0 Å². The minimum Gasteiger partial charge on any atom is -0.284 e. The van der Waals surface area contributed by atoms with Crippen LogP contribution in [0.25, 0.3) is 0 Å². The Labute approximate surface area is 175 Å². The van der Waals surface area contributed by atoms with Crippen molar-refractivity contribution in [2.75, 3.05) is 0 Å². The van der Waals surface area contributed by atoms with Crippen LogP contribution >= 0.6 is 18.8 Å². The van der Waals surface area contributed by atoms with Gasteiger partial charge in [0, 0.05) is 0 Å². The molecular weight excluding hydrogens is 443 g/mol. The molecule has 0 aliphatic rings. The molecule has 4 nitrogen and oxygen atoms in total. The molecule has 1 unspecified atom stereocenters. The van der Waals surface area contributed by atoms with E-state index in [0.717, 1.165) is 0 Å². The van der Waals surface area contributed by atoms with Gasteiger partial charge in [-0.2, -0.15) is 0 Å². The molecule has 0 N–H and O–H groups in total. The summed E-state index contributed by atoms with van der Waals surface area (Å²) in [6.45, 7) is 36.3. The fourth-order valence-electron chi connectivity index (χ4n) is 3.58.